The minimum Gasteiger partial charge on any atom is -0.392 e. The third kappa shape index (κ3) is 2.69. The first-order valence-corrected chi connectivity index (χ1v) is 8.89. The summed E-state index contributed by atoms with van der Waals surface area (Å²) >= 11 is 2.28. The highest BCUT2D eigenvalue weighted by molar-refractivity contribution is 14.1. The topological polar surface area (TPSA) is 37.3 Å². The van der Waals surface area contributed by atoms with Crippen LogP contribution in [0.2, 0.25) is 0 Å². The summed E-state index contributed by atoms with van der Waals surface area (Å²) < 4.78 is 1.18. The van der Waals surface area contributed by atoms with Crippen LogP contribution in [-0.4, -0.2) is 17.0 Å². The second kappa shape index (κ2) is 5.93. The van der Waals surface area contributed by atoms with Gasteiger partial charge in [-0.2, -0.15) is 0 Å². The molecular weight excluding hydrogens is 387 g/mol. The van der Waals surface area contributed by atoms with Gasteiger partial charge in [0.2, 0.25) is 0 Å². The number of halogens is 1. The van der Waals surface area contributed by atoms with Crippen LogP contribution in [0.15, 0.2) is 41.0 Å². The van der Waals surface area contributed by atoms with E-state index < -0.39 is 0 Å². The normalized spacial score (nSPS) is 30.6. The molecule has 0 amide bonds. The molecule has 0 aromatic heterocycles. The van der Waals surface area contributed by atoms with Crippen LogP contribution in [0.25, 0.3) is 6.08 Å². The molecule has 2 aliphatic rings. The maximum Gasteiger partial charge on any atom is 0.184 e. The molecule has 0 aliphatic heterocycles. The summed E-state index contributed by atoms with van der Waals surface area (Å²) in [6.45, 7) is 4.04. The predicted molar refractivity (Wildman–Crippen MR) is 97.4 cm³/mol. The van der Waals surface area contributed by atoms with Crippen molar-refractivity contribution in [2.45, 2.75) is 45.6 Å². The lowest BCUT2D eigenvalue weighted by atomic mass is 9.61. The average molecular weight is 408 g/mol. The molecule has 0 heterocycles. The summed E-state index contributed by atoms with van der Waals surface area (Å²) in [4.78, 5) is 12.7. The number of aliphatic hydroxyl groups excluding tert-OH is 1. The van der Waals surface area contributed by atoms with Crippen LogP contribution in [0.3, 0.4) is 0 Å². The summed E-state index contributed by atoms with van der Waals surface area (Å²) in [6.07, 6.45) is 5.05. The van der Waals surface area contributed by atoms with Crippen molar-refractivity contribution in [1.82, 2.24) is 0 Å². The van der Waals surface area contributed by atoms with Crippen molar-refractivity contribution >= 4 is 34.5 Å². The van der Waals surface area contributed by atoms with E-state index in [2.05, 4.69) is 29.5 Å². The first-order valence-electron chi connectivity index (χ1n) is 7.81. The van der Waals surface area contributed by atoms with E-state index in [1.165, 1.54) is 9.14 Å². The molecule has 2 nitrogen and oxygen atoms in total. The SMILES string of the molecule is CC1=C2CCC[C@H](O)[C@@]2(C)C/C(=C\c2ccc(I)cc2)C1=O. The van der Waals surface area contributed by atoms with E-state index in [0.717, 1.165) is 36.0 Å². The summed E-state index contributed by atoms with van der Waals surface area (Å²) in [5.74, 6) is 0.153. The average Bonchev–Trinajstić information content (AvgIpc) is 2.49. The van der Waals surface area contributed by atoms with E-state index in [1.807, 2.05) is 37.3 Å². The number of rotatable bonds is 1. The largest absolute Gasteiger partial charge is 0.392 e. The molecule has 3 heteroatoms. The maximum absolute atomic E-state index is 12.7. The zero-order valence-corrected chi connectivity index (χ0v) is 15.2. The number of Topliss-reactive ketones (excluding diaryl/α,β-unsaturated/α-hetero) is 1. The third-order valence-electron chi connectivity index (χ3n) is 5.18. The van der Waals surface area contributed by atoms with Gasteiger partial charge in [0.25, 0.3) is 0 Å². The molecule has 1 saturated carbocycles. The smallest absolute Gasteiger partial charge is 0.184 e. The molecule has 0 unspecified atom stereocenters. The van der Waals surface area contributed by atoms with Crippen molar-refractivity contribution in [1.29, 1.82) is 0 Å². The van der Waals surface area contributed by atoms with E-state index >= 15 is 0 Å². The molecule has 0 radical (unpaired) electrons. The van der Waals surface area contributed by atoms with Gasteiger partial charge in [-0.25, -0.2) is 0 Å². The first-order chi connectivity index (χ1) is 10.4. The van der Waals surface area contributed by atoms with Crippen molar-refractivity contribution in [3.05, 3.63) is 50.1 Å². The number of carbonyl (C=O) groups excluding carboxylic acids is 1. The van der Waals surface area contributed by atoms with Crippen molar-refractivity contribution < 1.29 is 9.90 Å². The number of benzene rings is 1. The van der Waals surface area contributed by atoms with Gasteiger partial charge >= 0.3 is 0 Å². The van der Waals surface area contributed by atoms with Gasteiger partial charge in [0.05, 0.1) is 6.10 Å². The molecule has 2 aliphatic carbocycles. The molecule has 0 saturated heterocycles. The Balaban J connectivity index is 2.03. The molecule has 1 fully saturated rings. The predicted octanol–water partition coefficient (Wildman–Crippen LogP) is 4.52. The number of allylic oxidation sites excluding steroid dienone is 2. The van der Waals surface area contributed by atoms with Crippen LogP contribution in [0.1, 0.15) is 45.1 Å². The highest BCUT2D eigenvalue weighted by Gasteiger charge is 2.45. The minimum absolute atomic E-state index is 0.153. The zero-order chi connectivity index (χ0) is 15.9. The Bertz CT molecular complexity index is 669. The number of carbonyl (C=O) groups is 1. The summed E-state index contributed by atoms with van der Waals surface area (Å²) in [5, 5.41) is 10.5. The Kier molecular flexibility index (Phi) is 4.29. The minimum atomic E-state index is -0.348. The molecule has 1 aromatic rings. The van der Waals surface area contributed by atoms with Gasteiger partial charge in [0, 0.05) is 14.6 Å². The van der Waals surface area contributed by atoms with Crippen LogP contribution >= 0.6 is 22.6 Å². The van der Waals surface area contributed by atoms with Crippen molar-refractivity contribution in [2.24, 2.45) is 5.41 Å². The van der Waals surface area contributed by atoms with Gasteiger partial charge in [-0.05, 0) is 84.5 Å². The van der Waals surface area contributed by atoms with Crippen LogP contribution in [0.4, 0.5) is 0 Å². The van der Waals surface area contributed by atoms with Crippen molar-refractivity contribution in [3.63, 3.8) is 0 Å². The Labute approximate surface area is 145 Å². The fraction of sp³-hybridized carbons (Fsp3) is 0.421. The fourth-order valence-electron chi connectivity index (χ4n) is 3.85. The third-order valence-corrected chi connectivity index (χ3v) is 5.90. The molecule has 116 valence electrons. The standard InChI is InChI=1S/C19H21IO2/c1-12-16-4-3-5-17(21)19(16,2)11-14(18(12)22)10-13-6-8-15(20)9-7-13/h6-10,17,21H,3-5,11H2,1-2H3/b14-10+/t17-,19-/m0/s1. The molecule has 0 spiro atoms. The molecular formula is C19H21IO2. The van der Waals surface area contributed by atoms with E-state index in [4.69, 9.17) is 0 Å². The first kappa shape index (κ1) is 15.9. The Hall–Kier alpha value is -0.940. The van der Waals surface area contributed by atoms with Gasteiger partial charge in [0.15, 0.2) is 5.78 Å². The lowest BCUT2D eigenvalue weighted by Crippen LogP contribution is -2.42. The van der Waals surface area contributed by atoms with Crippen LogP contribution in [0.5, 0.6) is 0 Å². The van der Waals surface area contributed by atoms with Crippen LogP contribution in [-0.2, 0) is 4.79 Å². The molecule has 1 aromatic carbocycles. The van der Waals surface area contributed by atoms with Gasteiger partial charge in [0.1, 0.15) is 0 Å². The number of fused-ring (bicyclic) bond motifs is 1. The van der Waals surface area contributed by atoms with E-state index in [-0.39, 0.29) is 17.3 Å². The Morgan fingerprint density at radius 1 is 1.32 bits per heavy atom. The number of hydrogen-bond acceptors (Lipinski definition) is 2. The van der Waals surface area contributed by atoms with Crippen LogP contribution in [0, 0.1) is 8.99 Å². The molecule has 0 bridgehead atoms. The van der Waals surface area contributed by atoms with E-state index in [9.17, 15) is 9.90 Å². The second-order valence-electron chi connectivity index (χ2n) is 6.66. The quantitative estimate of drug-likeness (QED) is 0.548. The highest BCUT2D eigenvalue weighted by Crippen LogP contribution is 2.50. The highest BCUT2D eigenvalue weighted by atomic mass is 127. The van der Waals surface area contributed by atoms with E-state index in [0.29, 0.717) is 6.42 Å². The summed E-state index contributed by atoms with van der Waals surface area (Å²) in [7, 11) is 0. The van der Waals surface area contributed by atoms with Crippen LogP contribution < -0.4 is 0 Å². The van der Waals surface area contributed by atoms with Gasteiger partial charge in [-0.15, -0.1) is 0 Å². The van der Waals surface area contributed by atoms with Gasteiger partial charge in [-0.3, -0.25) is 4.79 Å². The second-order valence-corrected chi connectivity index (χ2v) is 7.90. The zero-order valence-electron chi connectivity index (χ0n) is 13.0. The Morgan fingerprint density at radius 2 is 2.00 bits per heavy atom. The number of hydrogen-bond donors (Lipinski definition) is 1. The Morgan fingerprint density at radius 3 is 2.68 bits per heavy atom. The molecule has 2 atom stereocenters. The van der Waals surface area contributed by atoms with Gasteiger partial charge in [-0.1, -0.05) is 24.6 Å². The monoisotopic (exact) mass is 408 g/mol. The van der Waals surface area contributed by atoms with Crippen molar-refractivity contribution in [2.75, 3.05) is 0 Å². The summed E-state index contributed by atoms with van der Waals surface area (Å²) in [5.41, 5.74) is 3.63. The number of aliphatic hydroxyl groups is 1. The number of ketones is 1. The maximum atomic E-state index is 12.7. The lowest BCUT2D eigenvalue weighted by Gasteiger charge is -2.45. The fourth-order valence-corrected chi connectivity index (χ4v) is 4.21. The molecule has 22 heavy (non-hydrogen) atoms. The molecule has 1 N–H and O–H groups in total. The summed E-state index contributed by atoms with van der Waals surface area (Å²) in [6, 6.07) is 8.17. The van der Waals surface area contributed by atoms with Crippen molar-refractivity contribution in [3.8, 4) is 0 Å². The molecule has 3 rings (SSSR count). The lowest BCUT2D eigenvalue weighted by molar-refractivity contribution is -0.113. The van der Waals surface area contributed by atoms with E-state index in [1.54, 1.807) is 0 Å². The van der Waals surface area contributed by atoms with Gasteiger partial charge < -0.3 is 5.11 Å².